The minimum absolute atomic E-state index is 0.0147. The van der Waals surface area contributed by atoms with E-state index in [0.29, 0.717) is 48.3 Å². The van der Waals surface area contributed by atoms with Crippen molar-refractivity contribution >= 4 is 33.2 Å². The molecule has 1 aromatic carbocycles. The number of carbonyl (C=O) groups is 2. The minimum atomic E-state index is -0.119. The average Bonchev–Trinajstić information content (AvgIpc) is 3.45. The number of aromatic nitrogens is 1. The fourth-order valence-corrected chi connectivity index (χ4v) is 5.39. The molecule has 3 heterocycles. The standard InChI is InChI=1S/C23H27N3O4S/c1-14-20(30-15(2)25-14)23(28)26-11-6-7-16(26)13-18-17-8-4-5-9-19(17)31-21(18)22(27)24-10-12-29-3/h4-5,8-9,16H,6-7,10-13H2,1-3H3,(H,24,27)/t16-/m1/s1. The molecule has 0 aliphatic carbocycles. The number of aryl methyl sites for hydroxylation is 2. The molecule has 31 heavy (non-hydrogen) atoms. The van der Waals surface area contributed by atoms with Gasteiger partial charge in [0.05, 0.1) is 17.2 Å². The van der Waals surface area contributed by atoms with E-state index < -0.39 is 0 Å². The van der Waals surface area contributed by atoms with Crippen LogP contribution in [0.4, 0.5) is 0 Å². The predicted octanol–water partition coefficient (Wildman–Crippen LogP) is 3.73. The van der Waals surface area contributed by atoms with Crippen LogP contribution in [0, 0.1) is 13.8 Å². The molecule has 1 N–H and O–H groups in total. The van der Waals surface area contributed by atoms with Gasteiger partial charge in [0.1, 0.15) is 0 Å². The summed E-state index contributed by atoms with van der Waals surface area (Å²) in [6, 6.07) is 8.08. The SMILES string of the molecule is COCCNC(=O)c1sc2ccccc2c1C[C@H]1CCCN1C(=O)c1oc(C)nc1C. The van der Waals surface area contributed by atoms with Gasteiger partial charge in [-0.15, -0.1) is 11.3 Å². The maximum absolute atomic E-state index is 13.2. The zero-order chi connectivity index (χ0) is 22.0. The molecule has 0 spiro atoms. The van der Waals surface area contributed by atoms with Crippen LogP contribution in [-0.2, 0) is 11.2 Å². The quantitative estimate of drug-likeness (QED) is 0.565. The van der Waals surface area contributed by atoms with Crippen molar-refractivity contribution in [2.24, 2.45) is 0 Å². The monoisotopic (exact) mass is 441 g/mol. The van der Waals surface area contributed by atoms with E-state index >= 15 is 0 Å². The maximum Gasteiger partial charge on any atom is 0.291 e. The van der Waals surface area contributed by atoms with Gasteiger partial charge in [0.25, 0.3) is 11.8 Å². The van der Waals surface area contributed by atoms with E-state index in [1.807, 2.05) is 23.1 Å². The van der Waals surface area contributed by atoms with Gasteiger partial charge in [0, 0.05) is 37.9 Å². The number of rotatable bonds is 7. The first kappa shape index (κ1) is 21.5. The van der Waals surface area contributed by atoms with Crippen molar-refractivity contribution in [1.29, 1.82) is 0 Å². The maximum atomic E-state index is 13.2. The summed E-state index contributed by atoms with van der Waals surface area (Å²) in [4.78, 5) is 32.9. The Morgan fingerprint density at radius 1 is 1.32 bits per heavy atom. The Bertz CT molecular complexity index is 1100. The summed E-state index contributed by atoms with van der Waals surface area (Å²) < 4.78 is 11.7. The van der Waals surface area contributed by atoms with Crippen molar-refractivity contribution in [1.82, 2.24) is 15.2 Å². The number of amides is 2. The van der Waals surface area contributed by atoms with Crippen molar-refractivity contribution < 1.29 is 18.7 Å². The first-order valence-corrected chi connectivity index (χ1v) is 11.3. The Morgan fingerprint density at radius 3 is 2.87 bits per heavy atom. The molecule has 1 aliphatic rings. The molecule has 0 unspecified atom stereocenters. The summed E-state index contributed by atoms with van der Waals surface area (Å²) in [6.45, 7) is 5.15. The largest absolute Gasteiger partial charge is 0.436 e. The van der Waals surface area contributed by atoms with Crippen molar-refractivity contribution in [2.75, 3.05) is 26.8 Å². The van der Waals surface area contributed by atoms with Crippen molar-refractivity contribution in [3.8, 4) is 0 Å². The lowest BCUT2D eigenvalue weighted by molar-refractivity contribution is 0.0702. The van der Waals surface area contributed by atoms with Gasteiger partial charge in [-0.25, -0.2) is 4.98 Å². The zero-order valence-electron chi connectivity index (χ0n) is 18.1. The van der Waals surface area contributed by atoms with Gasteiger partial charge in [-0.3, -0.25) is 9.59 Å². The lowest BCUT2D eigenvalue weighted by atomic mass is 10.00. The summed E-state index contributed by atoms with van der Waals surface area (Å²) in [5.74, 6) is 0.601. The topological polar surface area (TPSA) is 84.7 Å². The molecule has 1 fully saturated rings. The molecule has 7 nitrogen and oxygen atoms in total. The predicted molar refractivity (Wildman–Crippen MR) is 120 cm³/mol. The fourth-order valence-electron chi connectivity index (χ4n) is 4.24. The van der Waals surface area contributed by atoms with E-state index in [1.54, 1.807) is 21.0 Å². The minimum Gasteiger partial charge on any atom is -0.436 e. The Kier molecular flexibility index (Phi) is 6.38. The molecular weight excluding hydrogens is 414 g/mol. The van der Waals surface area contributed by atoms with Gasteiger partial charge in [0.15, 0.2) is 5.89 Å². The van der Waals surface area contributed by atoms with Gasteiger partial charge in [-0.05, 0) is 43.2 Å². The number of hydrogen-bond acceptors (Lipinski definition) is 6. The number of ether oxygens (including phenoxy) is 1. The highest BCUT2D eigenvalue weighted by molar-refractivity contribution is 7.21. The van der Waals surface area contributed by atoms with Gasteiger partial charge in [0.2, 0.25) is 5.76 Å². The summed E-state index contributed by atoms with van der Waals surface area (Å²) in [6.07, 6.45) is 2.46. The lowest BCUT2D eigenvalue weighted by Crippen LogP contribution is -2.37. The van der Waals surface area contributed by atoms with Crippen molar-refractivity contribution in [3.63, 3.8) is 0 Å². The lowest BCUT2D eigenvalue weighted by Gasteiger charge is -2.24. The van der Waals surface area contributed by atoms with Crippen LogP contribution in [-0.4, -0.2) is 54.5 Å². The molecule has 0 bridgehead atoms. The van der Waals surface area contributed by atoms with Crippen molar-refractivity contribution in [2.45, 2.75) is 39.2 Å². The molecule has 3 aromatic rings. The van der Waals surface area contributed by atoms with Gasteiger partial charge in [-0.2, -0.15) is 0 Å². The molecule has 1 atom stereocenters. The molecule has 4 rings (SSSR count). The molecule has 2 aromatic heterocycles. The number of hydrogen-bond donors (Lipinski definition) is 1. The van der Waals surface area contributed by atoms with Gasteiger partial charge in [-0.1, -0.05) is 18.2 Å². The molecule has 8 heteroatoms. The Hall–Kier alpha value is -2.71. The number of methoxy groups -OCH3 is 1. The number of carbonyl (C=O) groups excluding carboxylic acids is 2. The van der Waals surface area contributed by atoms with Crippen LogP contribution in [0.1, 0.15) is 50.2 Å². The second-order valence-electron chi connectivity index (χ2n) is 7.80. The number of likely N-dealkylation sites (tertiary alicyclic amines) is 1. The first-order valence-electron chi connectivity index (χ1n) is 10.5. The number of benzene rings is 1. The molecule has 2 amide bonds. The van der Waals surface area contributed by atoms with E-state index in [1.165, 1.54) is 11.3 Å². The second kappa shape index (κ2) is 9.20. The number of thiophene rings is 1. The molecule has 164 valence electrons. The summed E-state index contributed by atoms with van der Waals surface area (Å²) in [7, 11) is 1.61. The normalized spacial score (nSPS) is 16.2. The van der Waals surface area contributed by atoms with E-state index in [4.69, 9.17) is 9.15 Å². The van der Waals surface area contributed by atoms with E-state index in [9.17, 15) is 9.59 Å². The van der Waals surface area contributed by atoms with Crippen LogP contribution in [0.5, 0.6) is 0 Å². The summed E-state index contributed by atoms with van der Waals surface area (Å²) >= 11 is 1.50. The van der Waals surface area contributed by atoms with Gasteiger partial charge >= 0.3 is 0 Å². The van der Waals surface area contributed by atoms with Gasteiger partial charge < -0.3 is 19.4 Å². The van der Waals surface area contributed by atoms with Crippen LogP contribution < -0.4 is 5.32 Å². The van der Waals surface area contributed by atoms with Crippen LogP contribution in [0.2, 0.25) is 0 Å². The molecule has 1 aliphatic heterocycles. The van der Waals surface area contributed by atoms with E-state index in [-0.39, 0.29) is 17.9 Å². The van der Waals surface area contributed by atoms with Crippen LogP contribution in [0.25, 0.3) is 10.1 Å². The average molecular weight is 442 g/mol. The van der Waals surface area contributed by atoms with Crippen LogP contribution in [0.3, 0.4) is 0 Å². The Balaban J connectivity index is 1.62. The number of nitrogens with one attached hydrogen (secondary N) is 1. The van der Waals surface area contributed by atoms with Crippen LogP contribution in [0.15, 0.2) is 28.7 Å². The first-order chi connectivity index (χ1) is 15.0. The number of nitrogens with zero attached hydrogens (tertiary/aromatic N) is 2. The Morgan fingerprint density at radius 2 is 2.13 bits per heavy atom. The highest BCUT2D eigenvalue weighted by Gasteiger charge is 2.34. The van der Waals surface area contributed by atoms with Crippen LogP contribution >= 0.6 is 11.3 Å². The highest BCUT2D eigenvalue weighted by Crippen LogP contribution is 2.35. The molecule has 0 saturated carbocycles. The van der Waals surface area contributed by atoms with E-state index in [2.05, 4.69) is 16.4 Å². The van der Waals surface area contributed by atoms with Crippen molar-refractivity contribution in [3.05, 3.63) is 52.1 Å². The number of oxazole rings is 1. The third-order valence-electron chi connectivity index (χ3n) is 5.67. The third kappa shape index (κ3) is 4.36. The molecule has 0 radical (unpaired) electrons. The Labute approximate surface area is 185 Å². The molecular formula is C23H27N3O4S. The second-order valence-corrected chi connectivity index (χ2v) is 8.85. The smallest absolute Gasteiger partial charge is 0.291 e. The molecule has 1 saturated heterocycles. The summed E-state index contributed by atoms with van der Waals surface area (Å²) in [5, 5.41) is 4.02. The number of fused-ring (bicyclic) bond motifs is 1. The highest BCUT2D eigenvalue weighted by atomic mass is 32.1. The fraction of sp³-hybridized carbons (Fsp3) is 0.435. The van der Waals surface area contributed by atoms with E-state index in [0.717, 1.165) is 28.5 Å². The third-order valence-corrected chi connectivity index (χ3v) is 6.88. The summed E-state index contributed by atoms with van der Waals surface area (Å²) in [5.41, 5.74) is 1.62. The zero-order valence-corrected chi connectivity index (χ0v) is 18.9.